The van der Waals surface area contributed by atoms with Gasteiger partial charge in [0.25, 0.3) is 0 Å². The summed E-state index contributed by atoms with van der Waals surface area (Å²) in [5.74, 6) is 0.909. The average Bonchev–Trinajstić information content (AvgIpc) is 3.60. The molecule has 3 heterocycles. The van der Waals surface area contributed by atoms with E-state index in [9.17, 15) is 5.11 Å². The Balaban J connectivity index is 0.00000455. The Hall–Kier alpha value is -5.90. The summed E-state index contributed by atoms with van der Waals surface area (Å²) in [5, 5.41) is 14.6. The summed E-state index contributed by atoms with van der Waals surface area (Å²) in [6, 6.07) is 47.8. The third-order valence-corrected chi connectivity index (χ3v) is 10.8. The number of nitrogens with zero attached hydrogens (tertiary/aromatic N) is 4. The van der Waals surface area contributed by atoms with Gasteiger partial charge in [0.2, 0.25) is 0 Å². The Morgan fingerprint density at radius 2 is 1.32 bits per heavy atom. The van der Waals surface area contributed by atoms with E-state index in [0.717, 1.165) is 77.3 Å². The third-order valence-electron chi connectivity index (χ3n) is 10.8. The van der Waals surface area contributed by atoms with Crippen molar-refractivity contribution in [3.63, 3.8) is 0 Å². The van der Waals surface area contributed by atoms with E-state index in [2.05, 4.69) is 149 Å². The molecule has 5 nitrogen and oxygen atoms in total. The summed E-state index contributed by atoms with van der Waals surface area (Å²) in [6.45, 7) is 13.4. The van der Waals surface area contributed by atoms with Crippen LogP contribution in [0.4, 0.5) is 0 Å². The second kappa shape index (κ2) is 14.6. The first-order valence-corrected chi connectivity index (χ1v) is 19.2. The summed E-state index contributed by atoms with van der Waals surface area (Å²) < 4.78 is 2.25. The zero-order valence-electron chi connectivity index (χ0n) is 32.9. The van der Waals surface area contributed by atoms with Crippen LogP contribution in [0.15, 0.2) is 146 Å². The van der Waals surface area contributed by atoms with Crippen molar-refractivity contribution in [1.29, 1.82) is 0 Å². The van der Waals surface area contributed by atoms with Gasteiger partial charge in [-0.25, -0.2) is 0 Å². The van der Waals surface area contributed by atoms with Gasteiger partial charge in [-0.05, 0) is 86.4 Å². The van der Waals surface area contributed by atoms with E-state index in [4.69, 9.17) is 15.0 Å². The minimum Gasteiger partial charge on any atom is -0.507 e. The van der Waals surface area contributed by atoms with Crippen LogP contribution >= 0.6 is 0 Å². The first-order valence-electron chi connectivity index (χ1n) is 19.2. The van der Waals surface area contributed by atoms with Gasteiger partial charge in [-0.2, -0.15) is 0 Å². The van der Waals surface area contributed by atoms with Gasteiger partial charge in [0.1, 0.15) is 5.75 Å². The van der Waals surface area contributed by atoms with Gasteiger partial charge < -0.3 is 14.7 Å². The number of fused-ring (bicyclic) bond motifs is 3. The standard InChI is InChI=1S/C51H43N4O.Pt/c1-50(2,3)37-22-23-43(41(28-37)32-14-8-7-9-15-32)55-44-20-12-19-40(46-39-18-11-10-16-33(39)21-24-45(46)56)48(44)54-49(55)36-26-35(30-52-31-36)42-29-38(51(4,5)6)27-34-17-13-25-53-47(34)42;/h7-25,27-31,56H,1-6H3;/q-1;. The summed E-state index contributed by atoms with van der Waals surface area (Å²) in [7, 11) is 0. The van der Waals surface area contributed by atoms with Gasteiger partial charge in [0, 0.05) is 55.2 Å². The first-order chi connectivity index (χ1) is 27.0. The Bertz CT molecular complexity index is 2950. The van der Waals surface area contributed by atoms with Crippen LogP contribution in [0.25, 0.3) is 83.2 Å². The van der Waals surface area contributed by atoms with E-state index in [0.29, 0.717) is 5.82 Å². The van der Waals surface area contributed by atoms with Gasteiger partial charge >= 0.3 is 0 Å². The van der Waals surface area contributed by atoms with E-state index in [1.165, 1.54) is 11.1 Å². The monoisotopic (exact) mass is 922 g/mol. The zero-order chi connectivity index (χ0) is 38.8. The summed E-state index contributed by atoms with van der Waals surface area (Å²) in [5.41, 5.74) is 12.3. The van der Waals surface area contributed by atoms with Gasteiger partial charge in [-0.15, -0.1) is 6.07 Å². The molecule has 9 rings (SSSR count). The number of rotatable bonds is 5. The zero-order valence-corrected chi connectivity index (χ0v) is 35.2. The molecule has 6 aromatic carbocycles. The van der Waals surface area contributed by atoms with Crippen LogP contribution in [0.5, 0.6) is 5.75 Å². The number of hydrogen-bond donors (Lipinski definition) is 1. The smallest absolute Gasteiger partial charge is 0.124 e. The first kappa shape index (κ1) is 38.0. The summed E-state index contributed by atoms with van der Waals surface area (Å²) >= 11 is 0. The summed E-state index contributed by atoms with van der Waals surface area (Å²) in [4.78, 5) is 15.2. The second-order valence-corrected chi connectivity index (χ2v) is 16.7. The molecule has 3 aromatic heterocycles. The molecule has 0 saturated carbocycles. The molecule has 0 aliphatic heterocycles. The predicted molar refractivity (Wildman–Crippen MR) is 231 cm³/mol. The fourth-order valence-electron chi connectivity index (χ4n) is 7.79. The molecule has 0 fully saturated rings. The van der Waals surface area contributed by atoms with E-state index in [1.807, 2.05) is 42.9 Å². The molecule has 0 aliphatic rings. The predicted octanol–water partition coefficient (Wildman–Crippen LogP) is 12.9. The van der Waals surface area contributed by atoms with Crippen molar-refractivity contribution >= 4 is 32.7 Å². The van der Waals surface area contributed by atoms with Crippen LogP contribution < -0.4 is 0 Å². The van der Waals surface area contributed by atoms with Crippen LogP contribution in [0.1, 0.15) is 52.7 Å². The minimum absolute atomic E-state index is 0. The maximum Gasteiger partial charge on any atom is 0.124 e. The topological polar surface area (TPSA) is 63.8 Å². The number of imidazole rings is 1. The molecule has 0 aliphatic carbocycles. The molecule has 6 heteroatoms. The maximum absolute atomic E-state index is 11.5. The quantitative estimate of drug-likeness (QED) is 0.175. The fraction of sp³-hybridized carbons (Fsp3) is 0.157. The van der Waals surface area contributed by atoms with Crippen LogP contribution in [-0.4, -0.2) is 24.6 Å². The molecule has 1 N–H and O–H groups in total. The van der Waals surface area contributed by atoms with Crippen molar-refractivity contribution in [3.8, 4) is 56.2 Å². The molecule has 0 saturated heterocycles. The molecular formula is C51H43N4OPt-. The van der Waals surface area contributed by atoms with Crippen LogP contribution in [0, 0.1) is 6.07 Å². The fourth-order valence-corrected chi connectivity index (χ4v) is 7.79. The molecule has 0 spiro atoms. The number of para-hydroxylation sites is 1. The Labute approximate surface area is 348 Å². The Morgan fingerprint density at radius 3 is 2.11 bits per heavy atom. The van der Waals surface area contributed by atoms with Crippen molar-refractivity contribution in [3.05, 3.63) is 163 Å². The third kappa shape index (κ3) is 6.85. The van der Waals surface area contributed by atoms with Crippen LogP contribution in [0.2, 0.25) is 0 Å². The number of phenolic OH excluding ortho intramolecular Hbond substituents is 1. The molecule has 0 bridgehead atoms. The summed E-state index contributed by atoms with van der Waals surface area (Å²) in [6.07, 6.45) is 5.57. The molecule has 9 aromatic rings. The number of hydrogen-bond acceptors (Lipinski definition) is 4. The second-order valence-electron chi connectivity index (χ2n) is 16.7. The van der Waals surface area contributed by atoms with E-state index >= 15 is 0 Å². The maximum atomic E-state index is 11.5. The molecular weight excluding hydrogens is 880 g/mol. The van der Waals surface area contributed by atoms with Crippen molar-refractivity contribution < 1.29 is 26.2 Å². The van der Waals surface area contributed by atoms with Crippen molar-refractivity contribution in [2.24, 2.45) is 0 Å². The molecule has 0 atom stereocenters. The average molecular weight is 923 g/mol. The number of aromatic hydroxyl groups is 1. The molecule has 0 unspecified atom stereocenters. The number of benzene rings is 6. The van der Waals surface area contributed by atoms with Gasteiger partial charge in [-0.3, -0.25) is 9.97 Å². The van der Waals surface area contributed by atoms with E-state index in [1.54, 1.807) is 6.07 Å². The number of pyridine rings is 2. The SMILES string of the molecule is CC(C)(C)c1ccc(-n2c(-c3[c-]c(-c4cc(C(C)(C)C)cc5cccnc45)cnc3)nc3c(-c4c(O)ccc5ccccc45)cccc32)c(-c2ccccc2)c1.[Pt]. The van der Waals surface area contributed by atoms with Crippen LogP contribution in [0.3, 0.4) is 0 Å². The van der Waals surface area contributed by atoms with Gasteiger partial charge in [-0.1, -0.05) is 155 Å². The van der Waals surface area contributed by atoms with Crippen molar-refractivity contribution in [2.45, 2.75) is 52.4 Å². The Kier molecular flexibility index (Phi) is 9.70. The molecule has 0 amide bonds. The van der Waals surface area contributed by atoms with E-state index in [-0.39, 0.29) is 37.6 Å². The van der Waals surface area contributed by atoms with Crippen molar-refractivity contribution in [1.82, 2.24) is 19.5 Å². The normalized spacial score (nSPS) is 12.0. The minimum atomic E-state index is -0.0750. The van der Waals surface area contributed by atoms with Gasteiger partial charge in [0.15, 0.2) is 0 Å². The van der Waals surface area contributed by atoms with Crippen molar-refractivity contribution in [2.75, 3.05) is 0 Å². The van der Waals surface area contributed by atoms with Gasteiger partial charge in [0.05, 0.1) is 16.9 Å². The molecule has 0 radical (unpaired) electrons. The number of aromatic nitrogens is 4. The Morgan fingerprint density at radius 1 is 0.596 bits per heavy atom. The number of phenols is 1. The largest absolute Gasteiger partial charge is 0.507 e. The van der Waals surface area contributed by atoms with Crippen LogP contribution in [-0.2, 0) is 31.9 Å². The molecule has 57 heavy (non-hydrogen) atoms. The van der Waals surface area contributed by atoms with E-state index < -0.39 is 0 Å². The molecule has 284 valence electrons.